The highest BCUT2D eigenvalue weighted by atomic mass is 19.2. The van der Waals surface area contributed by atoms with Gasteiger partial charge in [-0.3, -0.25) is 19.8 Å². The number of amides is 2. The second-order valence-electron chi connectivity index (χ2n) is 10.7. The first kappa shape index (κ1) is 28.2. The molecular formula is C28H35F2N3O4. The second-order valence-corrected chi connectivity index (χ2v) is 10.7. The molecular weight excluding hydrogens is 480 g/mol. The number of nitrogens with zero attached hydrogens (tertiary/aromatic N) is 1. The van der Waals surface area contributed by atoms with E-state index in [9.17, 15) is 23.2 Å². The van der Waals surface area contributed by atoms with E-state index in [0.29, 0.717) is 18.0 Å². The van der Waals surface area contributed by atoms with Crippen molar-refractivity contribution in [1.82, 2.24) is 15.8 Å². The fraction of sp³-hybridized carbons (Fsp3) is 0.464. The van der Waals surface area contributed by atoms with E-state index in [0.717, 1.165) is 43.4 Å². The van der Waals surface area contributed by atoms with Crippen LogP contribution in [0.15, 0.2) is 42.5 Å². The quantitative estimate of drug-likeness (QED) is 0.412. The molecule has 1 saturated carbocycles. The highest BCUT2D eigenvalue weighted by Gasteiger charge is 2.32. The zero-order valence-corrected chi connectivity index (χ0v) is 21.5. The first-order valence-electron chi connectivity index (χ1n) is 12.6. The minimum absolute atomic E-state index is 0.0284. The Morgan fingerprint density at radius 3 is 2.11 bits per heavy atom. The molecule has 2 amide bonds. The predicted octanol–water partition coefficient (Wildman–Crippen LogP) is 4.92. The van der Waals surface area contributed by atoms with E-state index < -0.39 is 23.5 Å². The van der Waals surface area contributed by atoms with Gasteiger partial charge in [0, 0.05) is 30.3 Å². The van der Waals surface area contributed by atoms with E-state index in [1.165, 1.54) is 6.07 Å². The summed E-state index contributed by atoms with van der Waals surface area (Å²) in [6.07, 6.45) is 3.63. The van der Waals surface area contributed by atoms with Gasteiger partial charge in [0.1, 0.15) is 0 Å². The maximum absolute atomic E-state index is 13.7. The smallest absolute Gasteiger partial charge is 0.305 e. The molecule has 1 fully saturated rings. The summed E-state index contributed by atoms with van der Waals surface area (Å²) in [6, 6.07) is 9.99. The van der Waals surface area contributed by atoms with Crippen LogP contribution in [0.1, 0.15) is 79.2 Å². The first-order chi connectivity index (χ1) is 17.4. The molecule has 0 saturated heterocycles. The molecule has 1 aliphatic carbocycles. The molecule has 2 aromatic carbocycles. The zero-order valence-electron chi connectivity index (χ0n) is 21.5. The van der Waals surface area contributed by atoms with Crippen molar-refractivity contribution in [3.63, 3.8) is 0 Å². The van der Waals surface area contributed by atoms with Crippen LogP contribution in [0.3, 0.4) is 0 Å². The van der Waals surface area contributed by atoms with Crippen LogP contribution < -0.4 is 10.7 Å². The Morgan fingerprint density at radius 1 is 0.919 bits per heavy atom. The summed E-state index contributed by atoms with van der Waals surface area (Å²) in [6.45, 7) is 7.11. The van der Waals surface area contributed by atoms with Crippen molar-refractivity contribution in [2.45, 2.75) is 65.5 Å². The number of hydrogen-bond donors (Lipinski definition) is 3. The third-order valence-electron chi connectivity index (χ3n) is 6.98. The molecule has 3 N–H and O–H groups in total. The average Bonchev–Trinajstić information content (AvgIpc) is 2.85. The number of hydrogen-bond acceptors (Lipinski definition) is 4. The Bertz CT molecular complexity index is 1110. The third-order valence-corrected chi connectivity index (χ3v) is 6.98. The van der Waals surface area contributed by atoms with Crippen LogP contribution in [0.4, 0.5) is 8.78 Å². The molecule has 7 nitrogen and oxygen atoms in total. The van der Waals surface area contributed by atoms with Crippen LogP contribution in [0, 0.1) is 23.0 Å². The average molecular weight is 516 g/mol. The molecule has 0 spiro atoms. The molecule has 0 aromatic heterocycles. The van der Waals surface area contributed by atoms with E-state index in [2.05, 4.69) is 31.5 Å². The summed E-state index contributed by atoms with van der Waals surface area (Å²) in [7, 11) is 0. The van der Waals surface area contributed by atoms with Crippen molar-refractivity contribution in [3.8, 4) is 0 Å². The summed E-state index contributed by atoms with van der Waals surface area (Å²) in [4.78, 5) is 35.8. The Balaban J connectivity index is 1.72. The number of nitrogens with one attached hydrogen (secondary N) is 2. The van der Waals surface area contributed by atoms with Crippen LogP contribution >= 0.6 is 0 Å². The molecule has 9 heteroatoms. The summed E-state index contributed by atoms with van der Waals surface area (Å²) < 4.78 is 27.1. The standard InChI is InChI=1S/C28H35F2N3O4/c1-28(2,3)21-9-11-22(12-10-21)33(32-27(37)20-8-13-23(29)24(30)16-20)17-18-4-6-19(7-5-18)26(36)31-15-14-25(34)35/h4-8,13,16,21-22H,9-12,14-15,17H2,1-3H3,(H,31,36)(H,32,37)(H,34,35)/t21-,22+. The first-order valence-corrected chi connectivity index (χ1v) is 12.6. The molecule has 37 heavy (non-hydrogen) atoms. The van der Waals surface area contributed by atoms with Crippen LogP contribution in [0.25, 0.3) is 0 Å². The molecule has 0 radical (unpaired) electrons. The summed E-state index contributed by atoms with van der Waals surface area (Å²) in [5.74, 6) is -3.39. The van der Waals surface area contributed by atoms with Crippen molar-refractivity contribution in [2.75, 3.05) is 6.54 Å². The molecule has 2 aromatic rings. The Kier molecular flexibility index (Phi) is 9.37. The van der Waals surface area contributed by atoms with Crippen molar-refractivity contribution in [2.24, 2.45) is 11.3 Å². The molecule has 1 aliphatic rings. The lowest BCUT2D eigenvalue weighted by Crippen LogP contribution is -2.49. The monoisotopic (exact) mass is 515 g/mol. The minimum atomic E-state index is -1.08. The maximum atomic E-state index is 13.7. The predicted molar refractivity (Wildman–Crippen MR) is 136 cm³/mol. The number of carboxylic acids is 1. The van der Waals surface area contributed by atoms with Gasteiger partial charge in [-0.1, -0.05) is 32.9 Å². The van der Waals surface area contributed by atoms with Crippen molar-refractivity contribution < 1.29 is 28.3 Å². The van der Waals surface area contributed by atoms with Gasteiger partial charge in [-0.15, -0.1) is 0 Å². The van der Waals surface area contributed by atoms with Gasteiger partial charge in [-0.2, -0.15) is 0 Å². The second kappa shape index (κ2) is 12.3. The number of carbonyl (C=O) groups is 3. The fourth-order valence-corrected chi connectivity index (χ4v) is 4.69. The SMILES string of the molecule is CC(C)(C)[C@H]1CC[C@@H](N(Cc2ccc(C(=O)NCCC(=O)O)cc2)NC(=O)c2ccc(F)c(F)c2)CC1. The van der Waals surface area contributed by atoms with Gasteiger partial charge in [0.05, 0.1) is 6.42 Å². The van der Waals surface area contributed by atoms with Gasteiger partial charge in [-0.05, 0) is 72.9 Å². The molecule has 0 bridgehead atoms. The lowest BCUT2D eigenvalue weighted by molar-refractivity contribution is -0.136. The van der Waals surface area contributed by atoms with Gasteiger partial charge in [0.2, 0.25) is 0 Å². The number of hydrazine groups is 1. The topological polar surface area (TPSA) is 98.7 Å². The van der Waals surface area contributed by atoms with Gasteiger partial charge >= 0.3 is 5.97 Å². The van der Waals surface area contributed by atoms with Crippen LogP contribution in [-0.4, -0.2) is 40.5 Å². The number of benzene rings is 2. The van der Waals surface area contributed by atoms with Crippen LogP contribution in [0.5, 0.6) is 0 Å². The molecule has 0 heterocycles. The van der Waals surface area contributed by atoms with Gasteiger partial charge in [0.15, 0.2) is 11.6 Å². The van der Waals surface area contributed by atoms with E-state index in [-0.39, 0.29) is 35.9 Å². The molecule has 3 rings (SSSR count). The molecule has 0 aliphatic heterocycles. The number of carboxylic acid groups (broad SMARTS) is 1. The van der Waals surface area contributed by atoms with Crippen LogP contribution in [-0.2, 0) is 11.3 Å². The fourth-order valence-electron chi connectivity index (χ4n) is 4.69. The van der Waals surface area contributed by atoms with Crippen LogP contribution in [0.2, 0.25) is 0 Å². The lowest BCUT2D eigenvalue weighted by Gasteiger charge is -2.41. The Hall–Kier alpha value is -3.33. The van der Waals surface area contributed by atoms with E-state index in [4.69, 9.17) is 5.11 Å². The van der Waals surface area contributed by atoms with Gasteiger partial charge in [-0.25, -0.2) is 13.8 Å². The number of carbonyl (C=O) groups excluding carboxylic acids is 2. The van der Waals surface area contributed by atoms with Crippen molar-refractivity contribution >= 4 is 17.8 Å². The Labute approximate surface area is 216 Å². The number of halogens is 2. The van der Waals surface area contributed by atoms with E-state index >= 15 is 0 Å². The molecule has 0 unspecified atom stereocenters. The maximum Gasteiger partial charge on any atom is 0.305 e. The summed E-state index contributed by atoms with van der Waals surface area (Å²) in [5.41, 5.74) is 4.38. The van der Waals surface area contributed by atoms with Crippen molar-refractivity contribution in [3.05, 3.63) is 70.8 Å². The number of rotatable bonds is 9. The van der Waals surface area contributed by atoms with Gasteiger partial charge in [0.25, 0.3) is 11.8 Å². The minimum Gasteiger partial charge on any atom is -0.481 e. The van der Waals surface area contributed by atoms with E-state index in [1.54, 1.807) is 24.3 Å². The Morgan fingerprint density at radius 2 is 1.54 bits per heavy atom. The zero-order chi connectivity index (χ0) is 27.2. The highest BCUT2D eigenvalue weighted by molar-refractivity contribution is 5.94. The highest BCUT2D eigenvalue weighted by Crippen LogP contribution is 2.39. The molecule has 200 valence electrons. The van der Waals surface area contributed by atoms with E-state index in [1.807, 2.05) is 5.01 Å². The van der Waals surface area contributed by atoms with Crippen molar-refractivity contribution in [1.29, 1.82) is 0 Å². The normalized spacial score (nSPS) is 17.9. The molecule has 0 atom stereocenters. The number of aliphatic carboxylic acids is 1. The summed E-state index contributed by atoms with van der Waals surface area (Å²) in [5, 5.41) is 13.1. The largest absolute Gasteiger partial charge is 0.481 e. The van der Waals surface area contributed by atoms with Gasteiger partial charge < -0.3 is 10.4 Å². The third kappa shape index (κ3) is 8.08. The lowest BCUT2D eigenvalue weighted by atomic mass is 9.71. The summed E-state index contributed by atoms with van der Waals surface area (Å²) >= 11 is 0.